The van der Waals surface area contributed by atoms with Crippen LogP contribution in [0.1, 0.15) is 49.8 Å². The first-order valence-electron chi connectivity index (χ1n) is 7.38. The Morgan fingerprint density at radius 3 is 2.86 bits per heavy atom. The Morgan fingerprint density at radius 2 is 2.24 bits per heavy atom. The summed E-state index contributed by atoms with van der Waals surface area (Å²) in [5.74, 6) is 0. The molecule has 0 bridgehead atoms. The van der Waals surface area contributed by atoms with Crippen LogP contribution in [0.15, 0.2) is 18.5 Å². The smallest absolute Gasteiger partial charge is 0.378 e. The molecule has 118 valence electrons. The first-order chi connectivity index (χ1) is 10.0. The van der Waals surface area contributed by atoms with Crippen LogP contribution in [-0.4, -0.2) is 24.2 Å². The first kappa shape index (κ1) is 16.2. The zero-order chi connectivity index (χ0) is 15.3. The second kappa shape index (κ2) is 7.22. The molecule has 0 aliphatic carbocycles. The van der Waals surface area contributed by atoms with Crippen molar-refractivity contribution in [3.8, 4) is 0 Å². The van der Waals surface area contributed by atoms with Crippen molar-refractivity contribution in [2.24, 2.45) is 0 Å². The highest BCUT2D eigenvalue weighted by molar-refractivity contribution is 5.29. The van der Waals surface area contributed by atoms with Crippen LogP contribution in [0.2, 0.25) is 0 Å². The van der Waals surface area contributed by atoms with Gasteiger partial charge in [-0.2, -0.15) is 13.2 Å². The maximum atomic E-state index is 13.1. The third kappa shape index (κ3) is 4.41. The second-order valence-corrected chi connectivity index (χ2v) is 5.30. The highest BCUT2D eigenvalue weighted by atomic mass is 19.4. The lowest BCUT2D eigenvalue weighted by Gasteiger charge is -2.28. The Morgan fingerprint density at radius 1 is 1.43 bits per heavy atom. The van der Waals surface area contributed by atoms with Gasteiger partial charge in [0.1, 0.15) is 0 Å². The van der Waals surface area contributed by atoms with Crippen molar-refractivity contribution in [3.05, 3.63) is 29.6 Å². The zero-order valence-electron chi connectivity index (χ0n) is 12.1. The second-order valence-electron chi connectivity index (χ2n) is 5.30. The van der Waals surface area contributed by atoms with Crippen molar-refractivity contribution in [2.75, 3.05) is 13.2 Å². The molecule has 1 N–H and O–H groups in total. The average Bonchev–Trinajstić information content (AvgIpc) is 2.47. The first-order valence-corrected chi connectivity index (χ1v) is 7.38. The van der Waals surface area contributed by atoms with E-state index in [4.69, 9.17) is 4.74 Å². The summed E-state index contributed by atoms with van der Waals surface area (Å²) in [4.78, 5) is 3.87. The molecule has 3 nitrogen and oxygen atoms in total. The van der Waals surface area contributed by atoms with E-state index in [1.54, 1.807) is 0 Å². The highest BCUT2D eigenvalue weighted by Crippen LogP contribution is 2.36. The van der Waals surface area contributed by atoms with Crippen LogP contribution in [-0.2, 0) is 10.9 Å². The predicted molar refractivity (Wildman–Crippen MR) is 73.9 cm³/mol. The standard InChI is InChI=1S/C15H21F3N2O/c1-2-20-14(9-11-5-3-4-8-21-11)12-10-19-7-6-13(12)15(16,17)18/h6-7,10-11,14,20H,2-5,8-9H2,1H3. The van der Waals surface area contributed by atoms with E-state index in [1.807, 2.05) is 6.92 Å². The van der Waals surface area contributed by atoms with Crippen molar-refractivity contribution in [3.63, 3.8) is 0 Å². The van der Waals surface area contributed by atoms with Crippen LogP contribution in [0, 0.1) is 0 Å². The molecule has 0 spiro atoms. The van der Waals surface area contributed by atoms with Gasteiger partial charge in [0.25, 0.3) is 0 Å². The third-order valence-corrected chi connectivity index (χ3v) is 3.76. The minimum Gasteiger partial charge on any atom is -0.378 e. The van der Waals surface area contributed by atoms with Gasteiger partial charge in [0.05, 0.1) is 11.7 Å². The summed E-state index contributed by atoms with van der Waals surface area (Å²) in [7, 11) is 0. The number of aromatic nitrogens is 1. The average molecular weight is 302 g/mol. The summed E-state index contributed by atoms with van der Waals surface area (Å²) in [5, 5.41) is 3.14. The van der Waals surface area contributed by atoms with Gasteiger partial charge in [-0.05, 0) is 43.9 Å². The van der Waals surface area contributed by atoms with Crippen molar-refractivity contribution in [2.45, 2.75) is 50.9 Å². The maximum absolute atomic E-state index is 13.1. The monoisotopic (exact) mass is 302 g/mol. The van der Waals surface area contributed by atoms with Crippen LogP contribution >= 0.6 is 0 Å². The molecule has 1 aromatic rings. The van der Waals surface area contributed by atoms with E-state index in [9.17, 15) is 13.2 Å². The van der Waals surface area contributed by atoms with Gasteiger partial charge < -0.3 is 10.1 Å². The van der Waals surface area contributed by atoms with Crippen LogP contribution in [0.5, 0.6) is 0 Å². The van der Waals surface area contributed by atoms with Crippen LogP contribution in [0.4, 0.5) is 13.2 Å². The fourth-order valence-corrected chi connectivity index (χ4v) is 2.77. The topological polar surface area (TPSA) is 34.1 Å². The zero-order valence-corrected chi connectivity index (χ0v) is 12.1. The molecule has 1 aliphatic rings. The van der Waals surface area contributed by atoms with E-state index < -0.39 is 11.7 Å². The number of halogens is 3. The number of ether oxygens (including phenoxy) is 1. The summed E-state index contributed by atoms with van der Waals surface area (Å²) in [6.45, 7) is 3.19. The molecule has 1 aromatic heterocycles. The van der Waals surface area contributed by atoms with E-state index >= 15 is 0 Å². The van der Waals surface area contributed by atoms with Crippen molar-refractivity contribution >= 4 is 0 Å². The molecule has 2 atom stereocenters. The Bertz CT molecular complexity index is 445. The number of hydrogen-bond acceptors (Lipinski definition) is 3. The molecule has 1 aliphatic heterocycles. The number of rotatable bonds is 5. The van der Waals surface area contributed by atoms with Crippen molar-refractivity contribution in [1.82, 2.24) is 10.3 Å². The summed E-state index contributed by atoms with van der Waals surface area (Å²) in [6.07, 6.45) is 1.71. The lowest BCUT2D eigenvalue weighted by Crippen LogP contribution is -2.30. The van der Waals surface area contributed by atoms with E-state index in [2.05, 4.69) is 10.3 Å². The Labute approximate surface area is 122 Å². The highest BCUT2D eigenvalue weighted by Gasteiger charge is 2.35. The molecular formula is C15H21F3N2O. The molecule has 2 unspecified atom stereocenters. The third-order valence-electron chi connectivity index (χ3n) is 3.76. The van der Waals surface area contributed by atoms with E-state index in [-0.39, 0.29) is 17.7 Å². The summed E-state index contributed by atoms with van der Waals surface area (Å²) < 4.78 is 45.1. The minimum atomic E-state index is -4.36. The molecule has 2 heterocycles. The number of pyridine rings is 1. The largest absolute Gasteiger partial charge is 0.416 e. The van der Waals surface area contributed by atoms with Gasteiger partial charge in [-0.25, -0.2) is 0 Å². The summed E-state index contributed by atoms with van der Waals surface area (Å²) in [5.41, 5.74) is -0.403. The van der Waals surface area contributed by atoms with Gasteiger partial charge in [-0.3, -0.25) is 4.98 Å². The molecule has 21 heavy (non-hydrogen) atoms. The van der Waals surface area contributed by atoms with Crippen molar-refractivity contribution < 1.29 is 17.9 Å². The lowest BCUT2D eigenvalue weighted by atomic mass is 9.94. The predicted octanol–water partition coefficient (Wildman–Crippen LogP) is 3.71. The van der Waals surface area contributed by atoms with Crippen LogP contribution < -0.4 is 5.32 Å². The van der Waals surface area contributed by atoms with Crippen LogP contribution in [0.3, 0.4) is 0 Å². The number of alkyl halides is 3. The Balaban J connectivity index is 2.21. The van der Waals surface area contributed by atoms with Gasteiger partial charge in [-0.15, -0.1) is 0 Å². The lowest BCUT2D eigenvalue weighted by molar-refractivity contribution is -0.138. The Kier molecular flexibility index (Phi) is 5.58. The number of nitrogens with one attached hydrogen (secondary N) is 1. The summed E-state index contributed by atoms with van der Waals surface area (Å²) >= 11 is 0. The fourth-order valence-electron chi connectivity index (χ4n) is 2.77. The van der Waals surface area contributed by atoms with E-state index in [1.165, 1.54) is 12.4 Å². The molecule has 1 saturated heterocycles. The molecule has 6 heteroatoms. The van der Waals surface area contributed by atoms with Gasteiger partial charge in [-0.1, -0.05) is 6.92 Å². The molecule has 0 aromatic carbocycles. The molecule has 0 saturated carbocycles. The van der Waals surface area contributed by atoms with Crippen LogP contribution in [0.25, 0.3) is 0 Å². The maximum Gasteiger partial charge on any atom is 0.416 e. The van der Waals surface area contributed by atoms with Gasteiger partial charge in [0.2, 0.25) is 0 Å². The normalized spacial score (nSPS) is 21.2. The Hall–Kier alpha value is -1.14. The SMILES string of the molecule is CCNC(CC1CCCCO1)c1cnccc1C(F)(F)F. The number of hydrogen-bond donors (Lipinski definition) is 1. The molecule has 2 rings (SSSR count). The minimum absolute atomic E-state index is 0.0177. The van der Waals surface area contributed by atoms with E-state index in [0.29, 0.717) is 19.6 Å². The molecule has 0 radical (unpaired) electrons. The van der Waals surface area contributed by atoms with Gasteiger partial charge in [0, 0.05) is 25.0 Å². The molecular weight excluding hydrogens is 281 g/mol. The van der Waals surface area contributed by atoms with Gasteiger partial charge >= 0.3 is 6.18 Å². The molecule has 1 fully saturated rings. The quantitative estimate of drug-likeness (QED) is 0.900. The fraction of sp³-hybridized carbons (Fsp3) is 0.667. The summed E-state index contributed by atoms with van der Waals surface area (Å²) in [6, 6.07) is 0.657. The molecule has 0 amide bonds. The van der Waals surface area contributed by atoms with E-state index in [0.717, 1.165) is 25.3 Å². The number of nitrogens with zero attached hydrogens (tertiary/aromatic N) is 1. The van der Waals surface area contributed by atoms with Crippen molar-refractivity contribution in [1.29, 1.82) is 0 Å². The van der Waals surface area contributed by atoms with Gasteiger partial charge in [0.15, 0.2) is 0 Å².